The Labute approximate surface area is 142 Å². The number of amides is 2. The van der Waals surface area contributed by atoms with Gasteiger partial charge in [-0.3, -0.25) is 9.59 Å². The van der Waals surface area contributed by atoms with Crippen molar-refractivity contribution < 1.29 is 14.0 Å². The maximum absolute atomic E-state index is 12.5. The minimum atomic E-state index is -0.641. The predicted molar refractivity (Wildman–Crippen MR) is 93.9 cm³/mol. The summed E-state index contributed by atoms with van der Waals surface area (Å²) in [5.41, 5.74) is 1.96. The predicted octanol–water partition coefficient (Wildman–Crippen LogP) is 3.63. The van der Waals surface area contributed by atoms with Crippen molar-refractivity contribution in [1.82, 2.24) is 5.32 Å². The number of carbonyl (C=O) groups excluding carboxylic acids is 2. The van der Waals surface area contributed by atoms with Crippen LogP contribution in [0.15, 0.2) is 47.1 Å². The zero-order valence-electron chi connectivity index (χ0n) is 14.3. The SMILES string of the molecule is CCCc1ccc(NC(=O)C(NC(=O)c2ccco2)C(C)C)cc1. The molecule has 1 unspecified atom stereocenters. The van der Waals surface area contributed by atoms with Crippen LogP contribution in [-0.2, 0) is 11.2 Å². The molecule has 0 radical (unpaired) electrons. The lowest BCUT2D eigenvalue weighted by molar-refractivity contribution is -0.118. The van der Waals surface area contributed by atoms with Crippen LogP contribution in [0.3, 0.4) is 0 Å². The van der Waals surface area contributed by atoms with Gasteiger partial charge in [-0.1, -0.05) is 39.3 Å². The molecule has 5 nitrogen and oxygen atoms in total. The Morgan fingerprint density at radius 2 is 1.83 bits per heavy atom. The molecule has 1 heterocycles. The Morgan fingerprint density at radius 1 is 1.12 bits per heavy atom. The van der Waals surface area contributed by atoms with Crippen LogP contribution in [-0.4, -0.2) is 17.9 Å². The molecule has 0 aliphatic carbocycles. The molecule has 1 atom stereocenters. The van der Waals surface area contributed by atoms with Crippen LogP contribution in [0.4, 0.5) is 5.69 Å². The quantitative estimate of drug-likeness (QED) is 0.815. The summed E-state index contributed by atoms with van der Waals surface area (Å²) in [6.45, 7) is 5.90. The largest absolute Gasteiger partial charge is 0.459 e. The summed E-state index contributed by atoms with van der Waals surface area (Å²) in [6.07, 6.45) is 3.53. The normalized spacial score (nSPS) is 12.0. The molecule has 2 rings (SSSR count). The first-order valence-corrected chi connectivity index (χ1v) is 8.25. The summed E-state index contributed by atoms with van der Waals surface area (Å²) in [5, 5.41) is 5.58. The van der Waals surface area contributed by atoms with Crippen molar-refractivity contribution in [1.29, 1.82) is 0 Å². The van der Waals surface area contributed by atoms with Gasteiger partial charge in [-0.05, 0) is 42.2 Å². The van der Waals surface area contributed by atoms with Crippen LogP contribution >= 0.6 is 0 Å². The standard InChI is InChI=1S/C19H24N2O3/c1-4-6-14-8-10-15(11-9-14)20-19(23)17(13(2)3)21-18(22)16-7-5-12-24-16/h5,7-13,17H,4,6H2,1-3H3,(H,20,23)(H,21,22). The van der Waals surface area contributed by atoms with Crippen LogP contribution in [0.5, 0.6) is 0 Å². The minimum Gasteiger partial charge on any atom is -0.459 e. The molecule has 0 aliphatic heterocycles. The van der Waals surface area contributed by atoms with E-state index in [1.54, 1.807) is 12.1 Å². The first-order valence-electron chi connectivity index (χ1n) is 8.25. The highest BCUT2D eigenvalue weighted by atomic mass is 16.3. The molecule has 0 bridgehead atoms. The average Bonchev–Trinajstić information content (AvgIpc) is 3.08. The van der Waals surface area contributed by atoms with Crippen LogP contribution < -0.4 is 10.6 Å². The summed E-state index contributed by atoms with van der Waals surface area (Å²) >= 11 is 0. The van der Waals surface area contributed by atoms with Crippen LogP contribution in [0.25, 0.3) is 0 Å². The van der Waals surface area contributed by atoms with E-state index >= 15 is 0 Å². The number of nitrogens with one attached hydrogen (secondary N) is 2. The van der Waals surface area contributed by atoms with E-state index < -0.39 is 11.9 Å². The van der Waals surface area contributed by atoms with Crippen molar-refractivity contribution in [3.05, 3.63) is 54.0 Å². The van der Waals surface area contributed by atoms with Crippen molar-refractivity contribution >= 4 is 17.5 Å². The van der Waals surface area contributed by atoms with E-state index in [1.165, 1.54) is 11.8 Å². The first kappa shape index (κ1) is 17.8. The number of aryl methyl sites for hydroxylation is 1. The zero-order chi connectivity index (χ0) is 17.5. The van der Waals surface area contributed by atoms with Gasteiger partial charge in [0.05, 0.1) is 6.26 Å². The van der Waals surface area contributed by atoms with E-state index in [1.807, 2.05) is 38.1 Å². The number of hydrogen-bond acceptors (Lipinski definition) is 3. The maximum Gasteiger partial charge on any atom is 0.287 e. The second-order valence-electron chi connectivity index (χ2n) is 6.11. The molecule has 1 aromatic heterocycles. The molecule has 2 amide bonds. The summed E-state index contributed by atoms with van der Waals surface area (Å²) in [5.74, 6) is -0.499. The van der Waals surface area contributed by atoms with Crippen molar-refractivity contribution in [2.24, 2.45) is 5.92 Å². The summed E-state index contributed by atoms with van der Waals surface area (Å²) < 4.78 is 5.07. The van der Waals surface area contributed by atoms with E-state index in [2.05, 4.69) is 17.6 Å². The van der Waals surface area contributed by atoms with E-state index in [0.717, 1.165) is 18.5 Å². The molecular weight excluding hydrogens is 304 g/mol. The number of carbonyl (C=O) groups is 2. The maximum atomic E-state index is 12.5. The fourth-order valence-corrected chi connectivity index (χ4v) is 2.42. The fraction of sp³-hybridized carbons (Fsp3) is 0.368. The van der Waals surface area contributed by atoms with E-state index in [4.69, 9.17) is 4.42 Å². The van der Waals surface area contributed by atoms with Gasteiger partial charge in [-0.25, -0.2) is 0 Å². The van der Waals surface area contributed by atoms with Crippen molar-refractivity contribution in [2.45, 2.75) is 39.7 Å². The average molecular weight is 328 g/mol. The molecule has 5 heteroatoms. The highest BCUT2D eigenvalue weighted by molar-refractivity contribution is 6.00. The molecule has 0 saturated heterocycles. The van der Waals surface area contributed by atoms with Crippen LogP contribution in [0, 0.1) is 5.92 Å². The second kappa shape index (κ2) is 8.34. The Kier molecular flexibility index (Phi) is 6.18. The lowest BCUT2D eigenvalue weighted by atomic mass is 10.0. The molecule has 128 valence electrons. The molecule has 0 saturated carbocycles. The van der Waals surface area contributed by atoms with Crippen molar-refractivity contribution in [3.8, 4) is 0 Å². The van der Waals surface area contributed by atoms with E-state index in [9.17, 15) is 9.59 Å². The molecule has 0 fully saturated rings. The lowest BCUT2D eigenvalue weighted by Crippen LogP contribution is -2.47. The van der Waals surface area contributed by atoms with Gasteiger partial charge in [-0.2, -0.15) is 0 Å². The van der Waals surface area contributed by atoms with Gasteiger partial charge in [0.2, 0.25) is 5.91 Å². The molecule has 24 heavy (non-hydrogen) atoms. The Bertz CT molecular complexity index is 660. The van der Waals surface area contributed by atoms with Crippen LogP contribution in [0.2, 0.25) is 0 Å². The Morgan fingerprint density at radius 3 is 2.38 bits per heavy atom. The summed E-state index contributed by atoms with van der Waals surface area (Å²) in [6, 6.07) is 10.3. The van der Waals surface area contributed by atoms with Gasteiger partial charge in [0.1, 0.15) is 6.04 Å². The van der Waals surface area contributed by atoms with E-state index in [-0.39, 0.29) is 17.6 Å². The molecule has 0 aliphatic rings. The van der Waals surface area contributed by atoms with Gasteiger partial charge < -0.3 is 15.1 Å². The fourth-order valence-electron chi connectivity index (χ4n) is 2.42. The molecule has 2 N–H and O–H groups in total. The van der Waals surface area contributed by atoms with E-state index in [0.29, 0.717) is 0 Å². The summed E-state index contributed by atoms with van der Waals surface area (Å²) in [7, 11) is 0. The number of anilines is 1. The number of rotatable bonds is 7. The molecule has 1 aromatic carbocycles. The monoisotopic (exact) mass is 328 g/mol. The van der Waals surface area contributed by atoms with Gasteiger partial charge in [0.15, 0.2) is 5.76 Å². The Hall–Kier alpha value is -2.56. The summed E-state index contributed by atoms with van der Waals surface area (Å²) in [4.78, 5) is 24.6. The second-order valence-corrected chi connectivity index (χ2v) is 6.11. The molecule has 0 spiro atoms. The number of furan rings is 1. The number of hydrogen-bond donors (Lipinski definition) is 2. The molecular formula is C19H24N2O3. The first-order chi connectivity index (χ1) is 11.5. The third-order valence-electron chi connectivity index (χ3n) is 3.74. The third-order valence-corrected chi connectivity index (χ3v) is 3.74. The minimum absolute atomic E-state index is 0.0525. The van der Waals surface area contributed by atoms with Crippen molar-refractivity contribution in [3.63, 3.8) is 0 Å². The Balaban J connectivity index is 2.02. The van der Waals surface area contributed by atoms with Gasteiger partial charge in [-0.15, -0.1) is 0 Å². The van der Waals surface area contributed by atoms with Crippen molar-refractivity contribution in [2.75, 3.05) is 5.32 Å². The topological polar surface area (TPSA) is 71.3 Å². The van der Waals surface area contributed by atoms with Crippen LogP contribution in [0.1, 0.15) is 43.3 Å². The van der Waals surface area contributed by atoms with Gasteiger partial charge in [0.25, 0.3) is 5.91 Å². The number of benzene rings is 1. The van der Waals surface area contributed by atoms with Gasteiger partial charge >= 0.3 is 0 Å². The highest BCUT2D eigenvalue weighted by Crippen LogP contribution is 2.13. The smallest absolute Gasteiger partial charge is 0.287 e. The zero-order valence-corrected chi connectivity index (χ0v) is 14.3. The van der Waals surface area contributed by atoms with Gasteiger partial charge in [0, 0.05) is 5.69 Å². The third kappa shape index (κ3) is 4.72. The lowest BCUT2D eigenvalue weighted by Gasteiger charge is -2.21. The molecule has 2 aromatic rings. The highest BCUT2D eigenvalue weighted by Gasteiger charge is 2.25.